The van der Waals surface area contributed by atoms with Crippen LogP contribution in [0.15, 0.2) is 12.1 Å². The predicted octanol–water partition coefficient (Wildman–Crippen LogP) is 2.76. The number of halogens is 2. The molecule has 0 N–H and O–H groups in total. The molecule has 0 atom stereocenters. The lowest BCUT2D eigenvalue weighted by atomic mass is 10.2. The second kappa shape index (κ2) is 5.09. The van der Waals surface area contributed by atoms with Crippen LogP contribution in [0.2, 0.25) is 5.02 Å². The molecule has 0 fully saturated rings. The van der Waals surface area contributed by atoms with Crippen molar-refractivity contribution in [1.29, 1.82) is 0 Å². The highest BCUT2D eigenvalue weighted by atomic mass is 35.5. The van der Waals surface area contributed by atoms with Gasteiger partial charge in [0.1, 0.15) is 11.5 Å². The first-order valence-electron chi connectivity index (χ1n) is 4.80. The van der Waals surface area contributed by atoms with E-state index in [1.165, 1.54) is 6.92 Å². The molecule has 1 rings (SSSR count). The molecule has 0 saturated carbocycles. The quantitative estimate of drug-likeness (QED) is 0.620. The first kappa shape index (κ1) is 13.4. The minimum Gasteiger partial charge on any atom is -0.307 e. The number of carbonyl (C=O) groups excluding carboxylic acids is 1. The maximum Gasteiger partial charge on any atom is 0.295 e. The van der Waals surface area contributed by atoms with E-state index in [4.69, 9.17) is 11.6 Å². The Labute approximate surface area is 102 Å². The molecule has 0 spiro atoms. The van der Waals surface area contributed by atoms with E-state index in [9.17, 15) is 19.3 Å². The van der Waals surface area contributed by atoms with Crippen molar-refractivity contribution in [3.63, 3.8) is 0 Å². The third-order valence-electron chi connectivity index (χ3n) is 2.20. The predicted molar refractivity (Wildman–Crippen MR) is 61.8 cm³/mol. The Morgan fingerprint density at radius 1 is 1.59 bits per heavy atom. The third-order valence-corrected chi connectivity index (χ3v) is 2.49. The molecule has 0 aliphatic rings. The summed E-state index contributed by atoms with van der Waals surface area (Å²) in [6, 6.07) is 1.79. The van der Waals surface area contributed by atoms with Crippen molar-refractivity contribution in [2.24, 2.45) is 0 Å². The molecule has 7 heteroatoms. The molecule has 92 valence electrons. The molecular formula is C10H10ClFN2O3. The number of nitro groups is 1. The monoisotopic (exact) mass is 260 g/mol. The summed E-state index contributed by atoms with van der Waals surface area (Å²) in [5.74, 6) is -1.26. The van der Waals surface area contributed by atoms with Gasteiger partial charge in [-0.2, -0.15) is 0 Å². The van der Waals surface area contributed by atoms with Crippen LogP contribution < -0.4 is 4.90 Å². The fraction of sp³-hybridized carbons (Fsp3) is 0.300. The topological polar surface area (TPSA) is 63.5 Å². The van der Waals surface area contributed by atoms with Crippen molar-refractivity contribution in [2.75, 3.05) is 11.4 Å². The zero-order valence-electron chi connectivity index (χ0n) is 9.24. The third kappa shape index (κ3) is 2.71. The summed E-state index contributed by atoms with van der Waals surface area (Å²) in [6.07, 6.45) is 0. The molecule has 0 heterocycles. The molecule has 1 aromatic carbocycles. The Kier molecular flexibility index (Phi) is 4.01. The maximum atomic E-state index is 13.1. The fourth-order valence-electron chi connectivity index (χ4n) is 1.45. The molecule has 0 bridgehead atoms. The molecule has 17 heavy (non-hydrogen) atoms. The summed E-state index contributed by atoms with van der Waals surface area (Å²) in [6.45, 7) is 3.16. The summed E-state index contributed by atoms with van der Waals surface area (Å²) in [7, 11) is 0. The number of hydrogen-bond acceptors (Lipinski definition) is 3. The average molecular weight is 261 g/mol. The van der Waals surface area contributed by atoms with Gasteiger partial charge < -0.3 is 4.90 Å². The molecule has 0 aromatic heterocycles. The Balaban J connectivity index is 3.44. The number of hydrogen-bond donors (Lipinski definition) is 0. The van der Waals surface area contributed by atoms with Gasteiger partial charge in [-0.25, -0.2) is 4.39 Å². The SMILES string of the molecule is CCN(C(C)=O)c1cc(Cl)c(F)cc1[N+](=O)[O-]. The van der Waals surface area contributed by atoms with Crippen LogP contribution >= 0.6 is 11.6 Å². The van der Waals surface area contributed by atoms with Crippen LogP contribution in [-0.2, 0) is 4.79 Å². The zero-order valence-corrected chi connectivity index (χ0v) is 9.99. The van der Waals surface area contributed by atoms with E-state index >= 15 is 0 Å². The minimum atomic E-state index is -0.887. The normalized spacial score (nSPS) is 10.1. The van der Waals surface area contributed by atoms with Gasteiger partial charge in [0, 0.05) is 13.5 Å². The van der Waals surface area contributed by atoms with Gasteiger partial charge in [0.15, 0.2) is 0 Å². The van der Waals surface area contributed by atoms with Gasteiger partial charge in [0.05, 0.1) is 16.0 Å². The van der Waals surface area contributed by atoms with Crippen molar-refractivity contribution >= 4 is 28.9 Å². The standard InChI is InChI=1S/C10H10ClFN2O3/c1-3-13(6(2)15)9-4-7(11)8(12)5-10(9)14(16)17/h4-5H,3H2,1-2H3. The lowest BCUT2D eigenvalue weighted by Gasteiger charge is -2.19. The lowest BCUT2D eigenvalue weighted by molar-refractivity contribution is -0.384. The first-order chi connectivity index (χ1) is 7.88. The number of carbonyl (C=O) groups is 1. The van der Waals surface area contributed by atoms with Crippen LogP contribution in [0.25, 0.3) is 0 Å². The van der Waals surface area contributed by atoms with E-state index in [-0.39, 0.29) is 23.2 Å². The van der Waals surface area contributed by atoms with Crippen molar-refractivity contribution in [3.05, 3.63) is 33.1 Å². The van der Waals surface area contributed by atoms with Gasteiger partial charge in [0.2, 0.25) is 5.91 Å². The summed E-state index contributed by atoms with van der Waals surface area (Å²) >= 11 is 5.56. The highest BCUT2D eigenvalue weighted by Crippen LogP contribution is 2.33. The van der Waals surface area contributed by atoms with Crippen LogP contribution in [-0.4, -0.2) is 17.4 Å². The second-order valence-corrected chi connectivity index (χ2v) is 3.68. The molecule has 0 aliphatic carbocycles. The molecule has 5 nitrogen and oxygen atoms in total. The highest BCUT2D eigenvalue weighted by Gasteiger charge is 2.23. The number of benzene rings is 1. The number of anilines is 1. The van der Waals surface area contributed by atoms with E-state index < -0.39 is 16.4 Å². The van der Waals surface area contributed by atoms with E-state index in [1.807, 2.05) is 0 Å². The zero-order chi connectivity index (χ0) is 13.2. The molecule has 0 unspecified atom stereocenters. The van der Waals surface area contributed by atoms with Gasteiger partial charge in [0.25, 0.3) is 5.69 Å². The van der Waals surface area contributed by atoms with Crippen LogP contribution in [0.1, 0.15) is 13.8 Å². The number of rotatable bonds is 3. The van der Waals surface area contributed by atoms with E-state index in [0.717, 1.165) is 11.0 Å². The summed E-state index contributed by atoms with van der Waals surface area (Å²) in [5.41, 5.74) is -0.486. The Morgan fingerprint density at radius 3 is 2.59 bits per heavy atom. The van der Waals surface area contributed by atoms with Gasteiger partial charge in [-0.3, -0.25) is 14.9 Å². The second-order valence-electron chi connectivity index (χ2n) is 3.28. The van der Waals surface area contributed by atoms with Crippen LogP contribution in [0.3, 0.4) is 0 Å². The maximum absolute atomic E-state index is 13.1. The summed E-state index contributed by atoms with van der Waals surface area (Å²) in [4.78, 5) is 22.5. The van der Waals surface area contributed by atoms with Crippen LogP contribution in [0.4, 0.5) is 15.8 Å². The van der Waals surface area contributed by atoms with Gasteiger partial charge in [-0.05, 0) is 13.0 Å². The Bertz CT molecular complexity index is 479. The fourth-order valence-corrected chi connectivity index (χ4v) is 1.61. The molecule has 0 saturated heterocycles. The van der Waals surface area contributed by atoms with E-state index in [0.29, 0.717) is 6.07 Å². The molecule has 1 amide bonds. The molecule has 0 aliphatic heterocycles. The summed E-state index contributed by atoms with van der Waals surface area (Å²) in [5, 5.41) is 10.5. The highest BCUT2D eigenvalue weighted by molar-refractivity contribution is 6.31. The molecule has 1 aromatic rings. The number of amides is 1. The lowest BCUT2D eigenvalue weighted by Crippen LogP contribution is -2.28. The van der Waals surface area contributed by atoms with Gasteiger partial charge in [-0.15, -0.1) is 0 Å². The summed E-state index contributed by atoms with van der Waals surface area (Å²) < 4.78 is 13.1. The van der Waals surface area contributed by atoms with Crippen molar-refractivity contribution < 1.29 is 14.1 Å². The van der Waals surface area contributed by atoms with Crippen molar-refractivity contribution in [2.45, 2.75) is 13.8 Å². The smallest absolute Gasteiger partial charge is 0.295 e. The Morgan fingerprint density at radius 2 is 2.18 bits per heavy atom. The average Bonchev–Trinajstić information content (AvgIpc) is 2.22. The number of nitrogens with zero attached hydrogens (tertiary/aromatic N) is 2. The Hall–Kier alpha value is -1.69. The molecular weight excluding hydrogens is 251 g/mol. The van der Waals surface area contributed by atoms with Crippen LogP contribution in [0, 0.1) is 15.9 Å². The minimum absolute atomic E-state index is 0.00333. The number of nitro benzene ring substituents is 1. The van der Waals surface area contributed by atoms with E-state index in [1.54, 1.807) is 6.92 Å². The van der Waals surface area contributed by atoms with Crippen LogP contribution in [0.5, 0.6) is 0 Å². The molecule has 0 radical (unpaired) electrons. The van der Waals surface area contributed by atoms with E-state index in [2.05, 4.69) is 0 Å². The van der Waals surface area contributed by atoms with Crippen molar-refractivity contribution in [3.8, 4) is 0 Å². The van der Waals surface area contributed by atoms with Gasteiger partial charge >= 0.3 is 0 Å². The van der Waals surface area contributed by atoms with Crippen molar-refractivity contribution in [1.82, 2.24) is 0 Å². The first-order valence-corrected chi connectivity index (χ1v) is 5.17. The largest absolute Gasteiger partial charge is 0.307 e. The van der Waals surface area contributed by atoms with Gasteiger partial charge in [-0.1, -0.05) is 11.6 Å².